The first-order valence-electron chi connectivity index (χ1n) is 9.54. The Labute approximate surface area is 167 Å². The number of amides is 1. The number of nitrogens with zero attached hydrogens (tertiary/aromatic N) is 5. The van der Waals surface area contributed by atoms with Gasteiger partial charge in [0.15, 0.2) is 0 Å². The lowest BCUT2D eigenvalue weighted by Crippen LogP contribution is -2.38. The zero-order chi connectivity index (χ0) is 19.7. The minimum Gasteiger partial charge on any atom is -0.341 e. The number of aromatic nitrogens is 4. The summed E-state index contributed by atoms with van der Waals surface area (Å²) >= 11 is 6.10. The molecule has 0 unspecified atom stereocenters. The van der Waals surface area contributed by atoms with Crippen molar-refractivity contribution in [1.82, 2.24) is 24.5 Å². The lowest BCUT2D eigenvalue weighted by atomic mass is 10.2. The number of aryl methyl sites for hydroxylation is 1. The van der Waals surface area contributed by atoms with Gasteiger partial charge in [0, 0.05) is 23.5 Å². The fourth-order valence-electron chi connectivity index (χ4n) is 3.68. The summed E-state index contributed by atoms with van der Waals surface area (Å²) in [5.41, 5.74) is 1.42. The maximum absolute atomic E-state index is 13.1. The van der Waals surface area contributed by atoms with Gasteiger partial charge in [-0.15, -0.1) is 0 Å². The molecule has 0 spiro atoms. The molecule has 3 heterocycles. The van der Waals surface area contributed by atoms with E-state index in [1.165, 1.54) is 4.68 Å². The van der Waals surface area contributed by atoms with Gasteiger partial charge in [-0.25, -0.2) is 9.36 Å². The van der Waals surface area contributed by atoms with Gasteiger partial charge in [0.25, 0.3) is 5.56 Å². The van der Waals surface area contributed by atoms with E-state index in [-0.39, 0.29) is 18.0 Å². The minimum absolute atomic E-state index is 0.0592. The van der Waals surface area contributed by atoms with Crippen LogP contribution in [-0.2, 0) is 11.3 Å². The normalized spacial score (nSPS) is 15.0. The van der Waals surface area contributed by atoms with Crippen molar-refractivity contribution in [2.45, 2.75) is 39.2 Å². The molecule has 146 valence electrons. The number of halogens is 1. The molecule has 0 saturated carbocycles. The molecular formula is C20H22ClN5O2. The molecule has 2 aromatic heterocycles. The van der Waals surface area contributed by atoms with E-state index in [1.807, 2.05) is 17.9 Å². The molecule has 1 saturated heterocycles. The van der Waals surface area contributed by atoms with Crippen molar-refractivity contribution in [3.05, 3.63) is 51.5 Å². The number of likely N-dealkylation sites (tertiary alicyclic amines) is 1. The average molecular weight is 400 g/mol. The number of benzene rings is 1. The predicted molar refractivity (Wildman–Crippen MR) is 108 cm³/mol. The minimum atomic E-state index is -0.332. The zero-order valence-electron chi connectivity index (χ0n) is 15.8. The highest BCUT2D eigenvalue weighted by molar-refractivity contribution is 6.30. The molecule has 1 aromatic carbocycles. The van der Waals surface area contributed by atoms with Crippen molar-refractivity contribution in [3.63, 3.8) is 0 Å². The Morgan fingerprint density at radius 1 is 1.18 bits per heavy atom. The van der Waals surface area contributed by atoms with E-state index in [2.05, 4.69) is 10.2 Å². The van der Waals surface area contributed by atoms with Crippen LogP contribution in [0.25, 0.3) is 16.6 Å². The summed E-state index contributed by atoms with van der Waals surface area (Å²) in [6.45, 7) is 3.25. The monoisotopic (exact) mass is 399 g/mol. The van der Waals surface area contributed by atoms with Crippen LogP contribution in [-0.4, -0.2) is 43.5 Å². The molecule has 28 heavy (non-hydrogen) atoms. The van der Waals surface area contributed by atoms with Crippen molar-refractivity contribution in [2.24, 2.45) is 0 Å². The molecule has 0 radical (unpaired) electrons. The van der Waals surface area contributed by atoms with E-state index in [1.54, 1.807) is 29.1 Å². The van der Waals surface area contributed by atoms with Crippen molar-refractivity contribution in [2.75, 3.05) is 13.1 Å². The lowest BCUT2D eigenvalue weighted by Gasteiger charge is -2.20. The summed E-state index contributed by atoms with van der Waals surface area (Å²) in [4.78, 5) is 27.7. The van der Waals surface area contributed by atoms with E-state index in [0.29, 0.717) is 27.3 Å². The molecule has 1 fully saturated rings. The molecule has 0 bridgehead atoms. The Morgan fingerprint density at radius 2 is 1.93 bits per heavy atom. The van der Waals surface area contributed by atoms with Gasteiger partial charge in [0.05, 0.1) is 17.6 Å². The van der Waals surface area contributed by atoms with Gasteiger partial charge in [0.2, 0.25) is 5.91 Å². The number of hydrogen-bond acceptors (Lipinski definition) is 4. The van der Waals surface area contributed by atoms with Crippen LogP contribution in [0.5, 0.6) is 0 Å². The molecule has 7 nitrogen and oxygen atoms in total. The summed E-state index contributed by atoms with van der Waals surface area (Å²) in [6.07, 6.45) is 5.93. The molecule has 1 amide bonds. The second-order valence-corrected chi connectivity index (χ2v) is 7.58. The second kappa shape index (κ2) is 7.75. The molecule has 0 atom stereocenters. The summed E-state index contributed by atoms with van der Waals surface area (Å²) in [5, 5.41) is 9.95. The van der Waals surface area contributed by atoms with Crippen LogP contribution < -0.4 is 5.56 Å². The molecule has 0 N–H and O–H groups in total. The molecule has 1 aliphatic rings. The third kappa shape index (κ3) is 3.54. The third-order valence-corrected chi connectivity index (χ3v) is 5.40. The fraction of sp³-hybridized carbons (Fsp3) is 0.400. The standard InChI is InChI=1S/C20H22ClN5O2/c1-14-17-12-22-26(16-8-6-7-15(21)11-16)19(17)20(28)25(23-14)13-18(27)24-9-4-2-3-5-10-24/h6-8,11-12H,2-5,9-10,13H2,1H3. The van der Waals surface area contributed by atoms with Crippen LogP contribution in [0.3, 0.4) is 0 Å². The van der Waals surface area contributed by atoms with E-state index in [0.717, 1.165) is 38.8 Å². The van der Waals surface area contributed by atoms with Gasteiger partial charge in [-0.05, 0) is 38.0 Å². The van der Waals surface area contributed by atoms with E-state index in [9.17, 15) is 9.59 Å². The van der Waals surface area contributed by atoms with Crippen LogP contribution in [0.15, 0.2) is 35.3 Å². The maximum atomic E-state index is 13.1. The van der Waals surface area contributed by atoms with Gasteiger partial charge >= 0.3 is 0 Å². The molecule has 8 heteroatoms. The van der Waals surface area contributed by atoms with E-state index >= 15 is 0 Å². The summed E-state index contributed by atoms with van der Waals surface area (Å²) < 4.78 is 2.82. The number of rotatable bonds is 3. The predicted octanol–water partition coefficient (Wildman–Crippen LogP) is 2.95. The summed E-state index contributed by atoms with van der Waals surface area (Å²) in [7, 11) is 0. The second-order valence-electron chi connectivity index (χ2n) is 7.14. The van der Waals surface area contributed by atoms with Crippen molar-refractivity contribution in [1.29, 1.82) is 0 Å². The van der Waals surface area contributed by atoms with Crippen LogP contribution in [0.4, 0.5) is 0 Å². The smallest absolute Gasteiger partial charge is 0.293 e. The van der Waals surface area contributed by atoms with Gasteiger partial charge in [-0.2, -0.15) is 10.2 Å². The number of carbonyl (C=O) groups is 1. The van der Waals surface area contributed by atoms with Crippen molar-refractivity contribution < 1.29 is 4.79 Å². The first-order chi connectivity index (χ1) is 13.5. The molecular weight excluding hydrogens is 378 g/mol. The molecule has 1 aliphatic heterocycles. The Hall–Kier alpha value is -2.67. The number of carbonyl (C=O) groups excluding carboxylic acids is 1. The van der Waals surface area contributed by atoms with Crippen LogP contribution >= 0.6 is 11.6 Å². The Morgan fingerprint density at radius 3 is 2.64 bits per heavy atom. The zero-order valence-corrected chi connectivity index (χ0v) is 16.5. The number of fused-ring (bicyclic) bond motifs is 1. The third-order valence-electron chi connectivity index (χ3n) is 5.16. The van der Waals surface area contributed by atoms with Crippen LogP contribution in [0, 0.1) is 6.92 Å². The maximum Gasteiger partial charge on any atom is 0.293 e. The van der Waals surface area contributed by atoms with Gasteiger partial charge in [-0.3, -0.25) is 9.59 Å². The van der Waals surface area contributed by atoms with Gasteiger partial charge in [0.1, 0.15) is 12.1 Å². The topological polar surface area (TPSA) is 73.0 Å². The molecule has 3 aromatic rings. The number of hydrogen-bond donors (Lipinski definition) is 0. The van der Waals surface area contributed by atoms with Crippen LogP contribution in [0.1, 0.15) is 31.4 Å². The van der Waals surface area contributed by atoms with Crippen LogP contribution in [0.2, 0.25) is 5.02 Å². The van der Waals surface area contributed by atoms with Gasteiger partial charge < -0.3 is 4.90 Å². The van der Waals surface area contributed by atoms with Crippen molar-refractivity contribution >= 4 is 28.4 Å². The Balaban J connectivity index is 1.74. The Kier molecular flexibility index (Phi) is 5.17. The highest BCUT2D eigenvalue weighted by Crippen LogP contribution is 2.20. The molecule has 0 aliphatic carbocycles. The largest absolute Gasteiger partial charge is 0.341 e. The van der Waals surface area contributed by atoms with E-state index < -0.39 is 0 Å². The SMILES string of the molecule is Cc1nn(CC(=O)N2CCCCCC2)c(=O)c2c1cnn2-c1cccc(Cl)c1. The fourth-order valence-corrected chi connectivity index (χ4v) is 3.87. The first-order valence-corrected chi connectivity index (χ1v) is 9.91. The highest BCUT2D eigenvalue weighted by Gasteiger charge is 2.20. The molecule has 4 rings (SSSR count). The first kappa shape index (κ1) is 18.7. The average Bonchev–Trinajstić information content (AvgIpc) is 2.94. The Bertz CT molecular complexity index is 1080. The summed E-state index contributed by atoms with van der Waals surface area (Å²) in [6, 6.07) is 7.15. The quantitative estimate of drug-likeness (QED) is 0.678. The highest BCUT2D eigenvalue weighted by atomic mass is 35.5. The lowest BCUT2D eigenvalue weighted by molar-refractivity contribution is -0.132. The summed E-state index contributed by atoms with van der Waals surface area (Å²) in [5.74, 6) is -0.0657. The van der Waals surface area contributed by atoms with E-state index in [4.69, 9.17) is 11.6 Å². The van der Waals surface area contributed by atoms with Crippen molar-refractivity contribution in [3.8, 4) is 5.69 Å². The van der Waals surface area contributed by atoms with Gasteiger partial charge in [-0.1, -0.05) is 30.5 Å².